The van der Waals surface area contributed by atoms with Gasteiger partial charge in [0.2, 0.25) is 3.79 Å². The molecule has 1 N–H and O–H groups in total. The Labute approximate surface area is 222 Å². The maximum atomic E-state index is 12.6. The van der Waals surface area contributed by atoms with Crippen LogP contribution in [0.2, 0.25) is 0 Å². The van der Waals surface area contributed by atoms with E-state index in [1.807, 2.05) is 0 Å². The van der Waals surface area contributed by atoms with Crippen LogP contribution in [0.1, 0.15) is 26.3 Å². The van der Waals surface area contributed by atoms with Crippen LogP contribution in [0.3, 0.4) is 0 Å². The fraction of sp³-hybridized carbons (Fsp3) is 0.545. The standard InChI is InChI=1S/C22H26Cl3NO10/c1-12(27)31-10-16-18(34-13(2)28)19(35-14(3)29)17(20(36-16)33-11-22(23,24)25)26-21(30)32-9-15-7-5-4-6-8-15/h4-8,16-20H,9-11H2,1-3H3,(H,26,30)/t16-,17-,18-,19-,20-/m1/s1. The number of hydrogen-bond donors (Lipinski definition) is 1. The van der Waals surface area contributed by atoms with Gasteiger partial charge in [-0.3, -0.25) is 14.4 Å². The van der Waals surface area contributed by atoms with E-state index in [1.165, 1.54) is 0 Å². The average molecular weight is 571 g/mol. The van der Waals surface area contributed by atoms with Crippen LogP contribution in [-0.4, -0.2) is 71.7 Å². The van der Waals surface area contributed by atoms with Gasteiger partial charge in [0, 0.05) is 20.8 Å². The minimum atomic E-state index is -1.86. The minimum absolute atomic E-state index is 0.0688. The molecule has 0 unspecified atom stereocenters. The van der Waals surface area contributed by atoms with Crippen LogP contribution in [0.4, 0.5) is 4.79 Å². The molecule has 0 bridgehead atoms. The summed E-state index contributed by atoms with van der Waals surface area (Å²) in [7, 11) is 0. The first kappa shape index (κ1) is 29.9. The largest absolute Gasteiger partial charge is 0.463 e. The van der Waals surface area contributed by atoms with Crippen molar-refractivity contribution in [3.05, 3.63) is 35.9 Å². The Bertz CT molecular complexity index is 911. The van der Waals surface area contributed by atoms with Gasteiger partial charge in [-0.25, -0.2) is 4.79 Å². The van der Waals surface area contributed by atoms with Crippen molar-refractivity contribution < 1.29 is 47.6 Å². The zero-order valence-corrected chi connectivity index (χ0v) is 21.9. The number of esters is 3. The van der Waals surface area contributed by atoms with Crippen molar-refractivity contribution in [1.29, 1.82) is 0 Å². The lowest BCUT2D eigenvalue weighted by Crippen LogP contribution is -2.67. The first-order valence-corrected chi connectivity index (χ1v) is 11.8. The molecule has 1 saturated heterocycles. The Kier molecular flexibility index (Phi) is 11.5. The maximum Gasteiger partial charge on any atom is 0.407 e. The smallest absolute Gasteiger partial charge is 0.407 e. The SMILES string of the molecule is CC(=O)OC[C@H]1O[C@@H](OCC(Cl)(Cl)Cl)[C@H](NC(=O)OCc2ccccc2)[C@@H](OC(C)=O)[C@@H]1OC(C)=O. The summed E-state index contributed by atoms with van der Waals surface area (Å²) >= 11 is 17.4. The highest BCUT2D eigenvalue weighted by Crippen LogP contribution is 2.31. The highest BCUT2D eigenvalue weighted by Gasteiger charge is 2.52. The first-order valence-electron chi connectivity index (χ1n) is 10.6. The van der Waals surface area contributed by atoms with Gasteiger partial charge in [-0.2, -0.15) is 0 Å². The van der Waals surface area contributed by atoms with Crippen molar-refractivity contribution in [3.63, 3.8) is 0 Å². The molecule has 200 valence electrons. The van der Waals surface area contributed by atoms with Gasteiger partial charge in [0.25, 0.3) is 0 Å². The number of benzene rings is 1. The van der Waals surface area contributed by atoms with Crippen molar-refractivity contribution in [1.82, 2.24) is 5.32 Å². The van der Waals surface area contributed by atoms with Crippen molar-refractivity contribution in [2.75, 3.05) is 13.2 Å². The molecule has 0 radical (unpaired) electrons. The minimum Gasteiger partial charge on any atom is -0.463 e. The summed E-state index contributed by atoms with van der Waals surface area (Å²) in [5, 5.41) is 2.50. The summed E-state index contributed by atoms with van der Waals surface area (Å²) in [5.74, 6) is -2.16. The lowest BCUT2D eigenvalue weighted by molar-refractivity contribution is -0.277. The molecular formula is C22H26Cl3NO10. The van der Waals surface area contributed by atoms with Crippen LogP contribution in [-0.2, 0) is 49.4 Å². The maximum absolute atomic E-state index is 12.6. The van der Waals surface area contributed by atoms with E-state index in [0.29, 0.717) is 5.56 Å². The summed E-state index contributed by atoms with van der Waals surface area (Å²) in [4.78, 5) is 47.8. The van der Waals surface area contributed by atoms with Crippen LogP contribution >= 0.6 is 34.8 Å². The number of carbonyl (C=O) groups excluding carboxylic acids is 4. The van der Waals surface area contributed by atoms with Gasteiger partial charge in [0.15, 0.2) is 18.5 Å². The van der Waals surface area contributed by atoms with E-state index in [-0.39, 0.29) is 6.61 Å². The van der Waals surface area contributed by atoms with E-state index in [4.69, 9.17) is 63.2 Å². The van der Waals surface area contributed by atoms with E-state index in [0.717, 1.165) is 20.8 Å². The summed E-state index contributed by atoms with van der Waals surface area (Å²) in [5.41, 5.74) is 0.715. The number of hydrogen-bond acceptors (Lipinski definition) is 10. The molecule has 11 nitrogen and oxygen atoms in total. The quantitative estimate of drug-likeness (QED) is 0.268. The fourth-order valence-electron chi connectivity index (χ4n) is 3.28. The van der Waals surface area contributed by atoms with Gasteiger partial charge in [0.1, 0.15) is 25.4 Å². The molecular weight excluding hydrogens is 545 g/mol. The molecule has 1 heterocycles. The molecule has 1 aliphatic heterocycles. The molecule has 1 amide bonds. The molecule has 0 saturated carbocycles. The van der Waals surface area contributed by atoms with Crippen LogP contribution in [0, 0.1) is 0 Å². The lowest BCUT2D eigenvalue weighted by Gasteiger charge is -2.45. The summed E-state index contributed by atoms with van der Waals surface area (Å²) in [6.45, 7) is 2.44. The van der Waals surface area contributed by atoms with E-state index in [1.54, 1.807) is 30.3 Å². The molecule has 0 aliphatic carbocycles. The average Bonchev–Trinajstić information content (AvgIpc) is 2.77. The topological polar surface area (TPSA) is 136 Å². The Morgan fingerprint density at radius 1 is 0.917 bits per heavy atom. The lowest BCUT2D eigenvalue weighted by atomic mass is 9.96. The normalized spacial score (nSPS) is 23.8. The molecule has 1 aromatic rings. The van der Waals surface area contributed by atoms with Crippen LogP contribution in [0.5, 0.6) is 0 Å². The number of amides is 1. The van der Waals surface area contributed by atoms with Gasteiger partial charge in [-0.15, -0.1) is 0 Å². The van der Waals surface area contributed by atoms with E-state index in [9.17, 15) is 19.2 Å². The second kappa shape index (κ2) is 13.8. The predicted molar refractivity (Wildman–Crippen MR) is 126 cm³/mol. The van der Waals surface area contributed by atoms with Gasteiger partial charge < -0.3 is 33.7 Å². The third-order valence-corrected chi connectivity index (χ3v) is 4.94. The second-order valence-electron chi connectivity index (χ2n) is 7.65. The predicted octanol–water partition coefficient (Wildman–Crippen LogP) is 2.82. The molecule has 5 atom stereocenters. The summed E-state index contributed by atoms with van der Waals surface area (Å²) in [6.07, 6.45) is -6.15. The molecule has 1 aliphatic rings. The molecule has 14 heteroatoms. The van der Waals surface area contributed by atoms with E-state index >= 15 is 0 Å². The monoisotopic (exact) mass is 569 g/mol. The molecule has 1 fully saturated rings. The zero-order chi connectivity index (χ0) is 26.9. The number of alkyl halides is 3. The summed E-state index contributed by atoms with van der Waals surface area (Å²) < 4.78 is 30.5. The Morgan fingerprint density at radius 3 is 2.08 bits per heavy atom. The highest BCUT2D eigenvalue weighted by atomic mass is 35.6. The number of alkyl carbamates (subject to hydrolysis) is 1. The molecule has 2 rings (SSSR count). The number of ether oxygens (including phenoxy) is 6. The first-order chi connectivity index (χ1) is 16.9. The molecule has 0 aromatic heterocycles. The molecule has 0 spiro atoms. The van der Waals surface area contributed by atoms with Gasteiger partial charge >= 0.3 is 24.0 Å². The Morgan fingerprint density at radius 2 is 1.53 bits per heavy atom. The van der Waals surface area contributed by atoms with Crippen LogP contribution in [0.15, 0.2) is 30.3 Å². The van der Waals surface area contributed by atoms with Crippen LogP contribution < -0.4 is 5.32 Å². The fourth-order valence-corrected chi connectivity index (χ4v) is 3.46. The van der Waals surface area contributed by atoms with Gasteiger partial charge in [0.05, 0.1) is 6.61 Å². The third-order valence-electron chi connectivity index (χ3n) is 4.61. The van der Waals surface area contributed by atoms with Crippen molar-refractivity contribution in [2.24, 2.45) is 0 Å². The van der Waals surface area contributed by atoms with E-state index < -0.39 is 71.7 Å². The number of rotatable bonds is 9. The van der Waals surface area contributed by atoms with Gasteiger partial charge in [-0.1, -0.05) is 65.1 Å². The van der Waals surface area contributed by atoms with E-state index in [2.05, 4.69) is 5.32 Å². The van der Waals surface area contributed by atoms with Crippen molar-refractivity contribution in [3.8, 4) is 0 Å². The van der Waals surface area contributed by atoms with Gasteiger partial charge in [-0.05, 0) is 5.56 Å². The van der Waals surface area contributed by atoms with Crippen molar-refractivity contribution >= 4 is 58.8 Å². The molecule has 36 heavy (non-hydrogen) atoms. The summed E-state index contributed by atoms with van der Waals surface area (Å²) in [6, 6.07) is 7.57. The number of halogens is 3. The second-order valence-corrected chi connectivity index (χ2v) is 10.2. The number of carbonyl (C=O) groups is 4. The third kappa shape index (κ3) is 10.4. The highest BCUT2D eigenvalue weighted by molar-refractivity contribution is 6.67. The van der Waals surface area contributed by atoms with Crippen molar-refractivity contribution in [2.45, 2.75) is 61.8 Å². The Balaban J connectivity index is 2.33. The molecule has 1 aromatic carbocycles. The zero-order valence-electron chi connectivity index (χ0n) is 19.6. The Hall–Kier alpha value is -2.31. The van der Waals surface area contributed by atoms with Crippen LogP contribution in [0.25, 0.3) is 0 Å². The number of nitrogens with one attached hydrogen (secondary N) is 1.